The standard InChI is InChI=1S/C12H16N6O/c13-16-11-4-2-10(3-5-11)12(19)14-6-1-8-18-9-7-15-17-18/h2-5,7,9,16H,1,6,8,13H2,(H,14,19). The highest BCUT2D eigenvalue weighted by atomic mass is 16.1. The van der Waals surface area contributed by atoms with E-state index in [0.29, 0.717) is 12.1 Å². The van der Waals surface area contributed by atoms with Crippen LogP contribution in [0.5, 0.6) is 0 Å². The van der Waals surface area contributed by atoms with Crippen LogP contribution in [0.2, 0.25) is 0 Å². The molecule has 0 radical (unpaired) electrons. The first kappa shape index (κ1) is 13.0. The van der Waals surface area contributed by atoms with Crippen molar-refractivity contribution in [2.75, 3.05) is 12.0 Å². The Labute approximate surface area is 110 Å². The number of rotatable bonds is 6. The summed E-state index contributed by atoms with van der Waals surface area (Å²) < 4.78 is 1.73. The molecular formula is C12H16N6O. The van der Waals surface area contributed by atoms with Gasteiger partial charge in [-0.3, -0.25) is 15.3 Å². The van der Waals surface area contributed by atoms with Gasteiger partial charge in [0.05, 0.1) is 6.20 Å². The van der Waals surface area contributed by atoms with Crippen molar-refractivity contribution in [3.05, 3.63) is 42.2 Å². The van der Waals surface area contributed by atoms with Gasteiger partial charge in [-0.2, -0.15) is 0 Å². The van der Waals surface area contributed by atoms with E-state index in [2.05, 4.69) is 21.1 Å². The van der Waals surface area contributed by atoms with Gasteiger partial charge in [-0.25, -0.2) is 0 Å². The molecule has 1 heterocycles. The Hall–Kier alpha value is -2.41. The average Bonchev–Trinajstić information content (AvgIpc) is 2.96. The molecule has 7 heteroatoms. The summed E-state index contributed by atoms with van der Waals surface area (Å²) in [6.45, 7) is 1.33. The van der Waals surface area contributed by atoms with Crippen molar-refractivity contribution in [3.8, 4) is 0 Å². The third kappa shape index (κ3) is 3.78. The number of anilines is 1. The molecule has 0 aliphatic carbocycles. The molecule has 7 nitrogen and oxygen atoms in total. The van der Waals surface area contributed by atoms with E-state index in [0.717, 1.165) is 18.7 Å². The molecule has 0 fully saturated rings. The van der Waals surface area contributed by atoms with Crippen molar-refractivity contribution in [3.63, 3.8) is 0 Å². The van der Waals surface area contributed by atoms with Crippen molar-refractivity contribution in [1.82, 2.24) is 20.3 Å². The lowest BCUT2D eigenvalue weighted by molar-refractivity contribution is 0.0952. The van der Waals surface area contributed by atoms with Gasteiger partial charge in [0, 0.05) is 30.5 Å². The number of hydrazine groups is 1. The topological polar surface area (TPSA) is 97.9 Å². The van der Waals surface area contributed by atoms with E-state index in [1.807, 2.05) is 0 Å². The third-order valence-electron chi connectivity index (χ3n) is 2.64. The van der Waals surface area contributed by atoms with Gasteiger partial charge in [0.25, 0.3) is 5.91 Å². The first-order chi connectivity index (χ1) is 9.29. The van der Waals surface area contributed by atoms with E-state index in [1.165, 1.54) is 0 Å². The summed E-state index contributed by atoms with van der Waals surface area (Å²) in [6, 6.07) is 6.96. The predicted octanol–water partition coefficient (Wildman–Crippen LogP) is 0.384. The van der Waals surface area contributed by atoms with Crippen LogP contribution in [-0.4, -0.2) is 27.4 Å². The molecule has 0 unspecified atom stereocenters. The lowest BCUT2D eigenvalue weighted by Gasteiger charge is -2.06. The van der Waals surface area contributed by atoms with Crippen molar-refractivity contribution in [2.45, 2.75) is 13.0 Å². The SMILES string of the molecule is NNc1ccc(C(=O)NCCCn2ccnn2)cc1. The Morgan fingerprint density at radius 2 is 2.11 bits per heavy atom. The van der Waals surface area contributed by atoms with Crippen LogP contribution >= 0.6 is 0 Å². The molecule has 4 N–H and O–H groups in total. The van der Waals surface area contributed by atoms with E-state index in [9.17, 15) is 4.79 Å². The van der Waals surface area contributed by atoms with Crippen molar-refractivity contribution in [1.29, 1.82) is 0 Å². The number of nitrogen functional groups attached to an aromatic ring is 1. The van der Waals surface area contributed by atoms with Gasteiger partial charge >= 0.3 is 0 Å². The third-order valence-corrected chi connectivity index (χ3v) is 2.64. The summed E-state index contributed by atoms with van der Waals surface area (Å²) >= 11 is 0. The molecule has 1 aromatic carbocycles. The number of hydrogen-bond acceptors (Lipinski definition) is 5. The molecule has 100 valence electrons. The van der Waals surface area contributed by atoms with Crippen LogP contribution < -0.4 is 16.6 Å². The molecule has 2 rings (SSSR count). The molecule has 0 bridgehead atoms. The number of hydrogen-bond donors (Lipinski definition) is 3. The molecule has 0 aliphatic heterocycles. The minimum absolute atomic E-state index is 0.0952. The molecular weight excluding hydrogens is 244 g/mol. The maximum absolute atomic E-state index is 11.8. The Morgan fingerprint density at radius 3 is 2.74 bits per heavy atom. The van der Waals surface area contributed by atoms with Crippen LogP contribution in [0.1, 0.15) is 16.8 Å². The van der Waals surface area contributed by atoms with Crippen LogP contribution in [0, 0.1) is 0 Å². The van der Waals surface area contributed by atoms with Crippen molar-refractivity contribution in [2.24, 2.45) is 5.84 Å². The van der Waals surface area contributed by atoms with E-state index >= 15 is 0 Å². The zero-order chi connectivity index (χ0) is 13.5. The van der Waals surface area contributed by atoms with Crippen LogP contribution in [0.15, 0.2) is 36.7 Å². The summed E-state index contributed by atoms with van der Waals surface area (Å²) in [5, 5.41) is 10.4. The zero-order valence-corrected chi connectivity index (χ0v) is 10.4. The minimum atomic E-state index is -0.0952. The summed E-state index contributed by atoms with van der Waals surface area (Å²) in [5.41, 5.74) is 3.89. The van der Waals surface area contributed by atoms with Crippen LogP contribution in [0.3, 0.4) is 0 Å². The predicted molar refractivity (Wildman–Crippen MR) is 71.2 cm³/mol. The minimum Gasteiger partial charge on any atom is -0.352 e. The summed E-state index contributed by atoms with van der Waals surface area (Å²) in [6.07, 6.45) is 4.23. The number of nitrogens with one attached hydrogen (secondary N) is 2. The molecule has 1 amide bonds. The highest BCUT2D eigenvalue weighted by Gasteiger charge is 2.04. The second-order valence-corrected chi connectivity index (χ2v) is 4.00. The smallest absolute Gasteiger partial charge is 0.251 e. The van der Waals surface area contributed by atoms with Gasteiger partial charge in [0.1, 0.15) is 0 Å². The van der Waals surface area contributed by atoms with E-state index in [4.69, 9.17) is 5.84 Å². The van der Waals surface area contributed by atoms with Gasteiger partial charge in [0.2, 0.25) is 0 Å². The summed E-state index contributed by atoms with van der Waals surface area (Å²) in [4.78, 5) is 11.8. The first-order valence-electron chi connectivity index (χ1n) is 5.98. The van der Waals surface area contributed by atoms with Gasteiger partial charge in [-0.1, -0.05) is 5.21 Å². The molecule has 2 aromatic rings. The fourth-order valence-corrected chi connectivity index (χ4v) is 1.61. The molecule has 0 atom stereocenters. The van der Waals surface area contributed by atoms with Gasteiger partial charge in [-0.05, 0) is 30.7 Å². The molecule has 0 saturated carbocycles. The average molecular weight is 260 g/mol. The number of amides is 1. The van der Waals surface area contributed by atoms with Crippen LogP contribution in [0.25, 0.3) is 0 Å². The van der Waals surface area contributed by atoms with E-state index in [-0.39, 0.29) is 5.91 Å². The highest BCUT2D eigenvalue weighted by molar-refractivity contribution is 5.94. The number of aromatic nitrogens is 3. The lowest BCUT2D eigenvalue weighted by atomic mass is 10.2. The second-order valence-electron chi connectivity index (χ2n) is 4.00. The van der Waals surface area contributed by atoms with Gasteiger partial charge < -0.3 is 10.7 Å². The van der Waals surface area contributed by atoms with E-state index in [1.54, 1.807) is 41.3 Å². The largest absolute Gasteiger partial charge is 0.352 e. The van der Waals surface area contributed by atoms with Crippen molar-refractivity contribution >= 4 is 11.6 Å². The first-order valence-corrected chi connectivity index (χ1v) is 5.98. The maximum Gasteiger partial charge on any atom is 0.251 e. The van der Waals surface area contributed by atoms with Gasteiger partial charge in [-0.15, -0.1) is 5.10 Å². The summed E-state index contributed by atoms with van der Waals surface area (Å²) in [5.74, 6) is 5.16. The van der Waals surface area contributed by atoms with Crippen LogP contribution in [-0.2, 0) is 6.54 Å². The molecule has 0 saturated heterocycles. The monoisotopic (exact) mass is 260 g/mol. The highest BCUT2D eigenvalue weighted by Crippen LogP contribution is 2.07. The fraction of sp³-hybridized carbons (Fsp3) is 0.250. The normalized spacial score (nSPS) is 10.2. The molecule has 19 heavy (non-hydrogen) atoms. The maximum atomic E-state index is 11.8. The second kappa shape index (κ2) is 6.50. The Bertz CT molecular complexity index is 508. The lowest BCUT2D eigenvalue weighted by Crippen LogP contribution is -2.25. The molecule has 0 spiro atoms. The number of nitrogens with zero attached hydrogens (tertiary/aromatic N) is 3. The number of carbonyl (C=O) groups excluding carboxylic acids is 1. The van der Waals surface area contributed by atoms with Crippen LogP contribution in [0.4, 0.5) is 5.69 Å². The number of nitrogens with two attached hydrogens (primary N) is 1. The van der Waals surface area contributed by atoms with Gasteiger partial charge in [0.15, 0.2) is 0 Å². The van der Waals surface area contributed by atoms with Crippen molar-refractivity contribution < 1.29 is 4.79 Å². The Kier molecular flexibility index (Phi) is 4.46. The number of aryl methyl sites for hydroxylation is 1. The quantitative estimate of drug-likeness (QED) is 0.396. The number of benzene rings is 1. The molecule has 1 aromatic heterocycles. The number of carbonyl (C=O) groups is 1. The Balaban J connectivity index is 1.74. The zero-order valence-electron chi connectivity index (χ0n) is 10.4. The Morgan fingerprint density at radius 1 is 1.32 bits per heavy atom. The molecule has 0 aliphatic rings. The van der Waals surface area contributed by atoms with E-state index < -0.39 is 0 Å². The fourth-order valence-electron chi connectivity index (χ4n) is 1.61. The summed E-state index contributed by atoms with van der Waals surface area (Å²) in [7, 11) is 0.